The Balaban J connectivity index is 1.84. The van der Waals surface area contributed by atoms with E-state index in [2.05, 4.69) is 11.8 Å². The van der Waals surface area contributed by atoms with Crippen molar-refractivity contribution in [2.75, 3.05) is 12.9 Å². The molecule has 0 N–H and O–H groups in total. The van der Waals surface area contributed by atoms with Gasteiger partial charge >= 0.3 is 0 Å². The van der Waals surface area contributed by atoms with Gasteiger partial charge in [0.15, 0.2) is 0 Å². The molecule has 1 saturated carbocycles. The van der Waals surface area contributed by atoms with Crippen LogP contribution in [-0.4, -0.2) is 24.2 Å². The maximum Gasteiger partial charge on any atom is 0.0589 e. The Morgan fingerprint density at radius 1 is 1.15 bits per heavy atom. The smallest absolute Gasteiger partial charge is 0.0589 e. The van der Waals surface area contributed by atoms with Crippen LogP contribution < -0.4 is 0 Å². The van der Waals surface area contributed by atoms with Gasteiger partial charge in [-0.15, -0.1) is 0 Å². The zero-order valence-corrected chi connectivity index (χ0v) is 9.31. The predicted molar refractivity (Wildman–Crippen MR) is 58.2 cm³/mol. The zero-order chi connectivity index (χ0) is 9.10. The fourth-order valence-corrected chi connectivity index (χ4v) is 4.26. The molecule has 2 rings (SSSR count). The largest absolute Gasteiger partial charge is 0.381 e. The molecule has 76 valence electrons. The Bertz CT molecular complexity index is 154. The van der Waals surface area contributed by atoms with Crippen LogP contribution in [0.5, 0.6) is 0 Å². The summed E-state index contributed by atoms with van der Waals surface area (Å²) >= 11 is 2.20. The highest BCUT2D eigenvalue weighted by atomic mass is 32.2. The van der Waals surface area contributed by atoms with Gasteiger partial charge < -0.3 is 4.74 Å². The third-order valence-corrected chi connectivity index (χ3v) is 5.00. The molecule has 0 spiro atoms. The van der Waals surface area contributed by atoms with Crippen LogP contribution >= 0.6 is 11.8 Å². The maximum absolute atomic E-state index is 5.47. The molecule has 1 aliphatic heterocycles. The summed E-state index contributed by atoms with van der Waals surface area (Å²) in [7, 11) is 1.87. The normalized spacial score (nSPS) is 36.7. The summed E-state index contributed by atoms with van der Waals surface area (Å²) in [5, 5.41) is 0.918. The maximum atomic E-state index is 5.47. The van der Waals surface area contributed by atoms with Crippen molar-refractivity contribution in [2.45, 2.75) is 49.9 Å². The second kappa shape index (κ2) is 4.70. The summed E-state index contributed by atoms with van der Waals surface area (Å²) in [4.78, 5) is 0. The summed E-state index contributed by atoms with van der Waals surface area (Å²) in [6.45, 7) is 0. The third-order valence-electron chi connectivity index (χ3n) is 3.53. The van der Waals surface area contributed by atoms with Crippen LogP contribution in [0.2, 0.25) is 0 Å². The highest BCUT2D eigenvalue weighted by Gasteiger charge is 2.30. The van der Waals surface area contributed by atoms with Crippen LogP contribution in [0.1, 0.15) is 38.5 Å². The Hall–Kier alpha value is 0.310. The molecule has 13 heavy (non-hydrogen) atoms. The first-order valence-corrected chi connectivity index (χ1v) is 6.59. The standard InChI is InChI=1S/C11H20OS/c1-12-10-6-7-13-11(8-10)9-4-2-3-5-9/h9-11H,2-8H2,1H3. The van der Waals surface area contributed by atoms with Gasteiger partial charge in [0.25, 0.3) is 0 Å². The molecule has 1 heterocycles. The molecule has 0 bridgehead atoms. The minimum Gasteiger partial charge on any atom is -0.381 e. The van der Waals surface area contributed by atoms with Gasteiger partial charge in [-0.3, -0.25) is 0 Å². The molecule has 2 heteroatoms. The fraction of sp³-hybridized carbons (Fsp3) is 1.00. The Kier molecular flexibility index (Phi) is 3.56. The first kappa shape index (κ1) is 9.85. The van der Waals surface area contributed by atoms with E-state index in [1.165, 1.54) is 44.3 Å². The number of hydrogen-bond acceptors (Lipinski definition) is 2. The van der Waals surface area contributed by atoms with E-state index in [1.807, 2.05) is 7.11 Å². The molecular weight excluding hydrogens is 180 g/mol. The van der Waals surface area contributed by atoms with E-state index < -0.39 is 0 Å². The van der Waals surface area contributed by atoms with Crippen molar-refractivity contribution in [2.24, 2.45) is 5.92 Å². The molecule has 0 radical (unpaired) electrons. The van der Waals surface area contributed by atoms with Crippen molar-refractivity contribution in [3.8, 4) is 0 Å². The van der Waals surface area contributed by atoms with Gasteiger partial charge in [-0.1, -0.05) is 12.8 Å². The highest BCUT2D eigenvalue weighted by Crippen LogP contribution is 2.39. The Morgan fingerprint density at radius 2 is 1.92 bits per heavy atom. The van der Waals surface area contributed by atoms with E-state index in [-0.39, 0.29) is 0 Å². The van der Waals surface area contributed by atoms with Gasteiger partial charge in [0.2, 0.25) is 0 Å². The van der Waals surface area contributed by atoms with E-state index in [1.54, 1.807) is 0 Å². The van der Waals surface area contributed by atoms with E-state index in [4.69, 9.17) is 4.74 Å². The van der Waals surface area contributed by atoms with Crippen LogP contribution in [-0.2, 0) is 4.74 Å². The molecular formula is C11H20OS. The lowest BCUT2D eigenvalue weighted by atomic mass is 9.97. The van der Waals surface area contributed by atoms with Gasteiger partial charge in [0, 0.05) is 12.4 Å². The van der Waals surface area contributed by atoms with Crippen molar-refractivity contribution < 1.29 is 4.74 Å². The zero-order valence-electron chi connectivity index (χ0n) is 8.50. The first-order chi connectivity index (χ1) is 6.40. The van der Waals surface area contributed by atoms with Gasteiger partial charge in [0.1, 0.15) is 0 Å². The van der Waals surface area contributed by atoms with Gasteiger partial charge in [0.05, 0.1) is 6.10 Å². The number of rotatable bonds is 2. The molecule has 0 aromatic carbocycles. The first-order valence-electron chi connectivity index (χ1n) is 5.54. The van der Waals surface area contributed by atoms with E-state index >= 15 is 0 Å². The number of methoxy groups -OCH3 is 1. The van der Waals surface area contributed by atoms with Gasteiger partial charge in [-0.2, -0.15) is 11.8 Å². The second-order valence-electron chi connectivity index (χ2n) is 4.34. The lowest BCUT2D eigenvalue weighted by Gasteiger charge is -2.31. The predicted octanol–water partition coefficient (Wildman–Crippen LogP) is 3.09. The van der Waals surface area contributed by atoms with Crippen molar-refractivity contribution >= 4 is 11.8 Å². The monoisotopic (exact) mass is 200 g/mol. The number of thioether (sulfide) groups is 1. The molecule has 0 aromatic rings. The van der Waals surface area contributed by atoms with Crippen molar-refractivity contribution in [1.29, 1.82) is 0 Å². The van der Waals surface area contributed by atoms with Crippen LogP contribution in [0.3, 0.4) is 0 Å². The minimum absolute atomic E-state index is 0.562. The van der Waals surface area contributed by atoms with Crippen LogP contribution in [0.15, 0.2) is 0 Å². The van der Waals surface area contributed by atoms with Crippen LogP contribution in [0, 0.1) is 5.92 Å². The molecule has 0 aromatic heterocycles. The summed E-state index contributed by atoms with van der Waals surface area (Å²) in [6, 6.07) is 0. The highest BCUT2D eigenvalue weighted by molar-refractivity contribution is 7.99. The van der Waals surface area contributed by atoms with Gasteiger partial charge in [-0.25, -0.2) is 0 Å². The average molecular weight is 200 g/mol. The number of hydrogen-bond donors (Lipinski definition) is 0. The molecule has 0 amide bonds. The van der Waals surface area contributed by atoms with E-state index in [0.717, 1.165) is 11.2 Å². The SMILES string of the molecule is COC1CCSC(C2CCCC2)C1. The second-order valence-corrected chi connectivity index (χ2v) is 5.68. The minimum atomic E-state index is 0.562. The van der Waals surface area contributed by atoms with Crippen molar-refractivity contribution in [1.82, 2.24) is 0 Å². The molecule has 1 nitrogen and oxygen atoms in total. The van der Waals surface area contributed by atoms with Crippen LogP contribution in [0.25, 0.3) is 0 Å². The lowest BCUT2D eigenvalue weighted by molar-refractivity contribution is 0.0855. The quantitative estimate of drug-likeness (QED) is 0.677. The summed E-state index contributed by atoms with van der Waals surface area (Å²) < 4.78 is 5.47. The summed E-state index contributed by atoms with van der Waals surface area (Å²) in [5.41, 5.74) is 0. The average Bonchev–Trinajstić information content (AvgIpc) is 2.71. The van der Waals surface area contributed by atoms with E-state index in [9.17, 15) is 0 Å². The summed E-state index contributed by atoms with van der Waals surface area (Å²) in [6.07, 6.45) is 9.05. The topological polar surface area (TPSA) is 9.23 Å². The Morgan fingerprint density at radius 3 is 2.62 bits per heavy atom. The molecule has 2 atom stereocenters. The third kappa shape index (κ3) is 2.41. The molecule has 2 unspecified atom stereocenters. The summed E-state index contributed by atoms with van der Waals surface area (Å²) in [5.74, 6) is 2.34. The molecule has 2 fully saturated rings. The number of ether oxygens (including phenoxy) is 1. The van der Waals surface area contributed by atoms with E-state index in [0.29, 0.717) is 6.10 Å². The molecule has 1 aliphatic carbocycles. The lowest BCUT2D eigenvalue weighted by Crippen LogP contribution is -2.28. The Labute approximate surface area is 85.6 Å². The van der Waals surface area contributed by atoms with Crippen LogP contribution in [0.4, 0.5) is 0 Å². The van der Waals surface area contributed by atoms with Crippen molar-refractivity contribution in [3.63, 3.8) is 0 Å². The molecule has 2 aliphatic rings. The fourth-order valence-electron chi connectivity index (χ4n) is 2.67. The van der Waals surface area contributed by atoms with Gasteiger partial charge in [-0.05, 0) is 37.4 Å². The van der Waals surface area contributed by atoms with Crippen molar-refractivity contribution in [3.05, 3.63) is 0 Å². The molecule has 1 saturated heterocycles.